The number of esters is 1. The second kappa shape index (κ2) is 4.91. The Morgan fingerprint density at radius 1 is 1.33 bits per heavy atom. The van der Waals surface area contributed by atoms with Crippen molar-refractivity contribution >= 4 is 11.8 Å². The Balaban J connectivity index is 4.13. The van der Waals surface area contributed by atoms with Gasteiger partial charge in [-0.15, -0.1) is 0 Å². The first kappa shape index (κ1) is 11.1. The highest BCUT2D eigenvalue weighted by Crippen LogP contribution is 2.07. The quantitative estimate of drug-likeness (QED) is 0.477. The molecule has 3 heteroatoms. The van der Waals surface area contributed by atoms with Crippen LogP contribution in [0.4, 0.5) is 0 Å². The number of carbonyl (C=O) groups is 2. The van der Waals surface area contributed by atoms with E-state index >= 15 is 0 Å². The maximum atomic E-state index is 11.2. The highest BCUT2D eigenvalue weighted by Gasteiger charge is 2.23. The molecule has 70 valence electrons. The lowest BCUT2D eigenvalue weighted by Crippen LogP contribution is -2.25. The molecule has 0 aliphatic heterocycles. The predicted molar refractivity (Wildman–Crippen MR) is 45.7 cm³/mol. The van der Waals surface area contributed by atoms with E-state index in [1.807, 2.05) is 0 Å². The molecule has 0 aromatic heterocycles. The van der Waals surface area contributed by atoms with Gasteiger partial charge in [-0.05, 0) is 27.2 Å². The minimum absolute atomic E-state index is 0.122. The number of rotatable bonds is 4. The third-order valence-corrected chi connectivity index (χ3v) is 1.54. The van der Waals surface area contributed by atoms with Gasteiger partial charge in [0.1, 0.15) is 11.7 Å². The van der Waals surface area contributed by atoms with Crippen molar-refractivity contribution in [2.75, 3.05) is 0 Å². The van der Waals surface area contributed by atoms with Crippen LogP contribution in [0.3, 0.4) is 0 Å². The zero-order valence-electron chi connectivity index (χ0n) is 8.09. The summed E-state index contributed by atoms with van der Waals surface area (Å²) in [6.07, 6.45) is 0.367. The molecule has 0 saturated carbocycles. The maximum Gasteiger partial charge on any atom is 0.316 e. The molecule has 0 unspecified atom stereocenters. The topological polar surface area (TPSA) is 43.4 Å². The summed E-state index contributed by atoms with van der Waals surface area (Å²) in [5.41, 5.74) is 0. The van der Waals surface area contributed by atoms with Gasteiger partial charge in [0.05, 0.1) is 6.10 Å². The molecule has 1 atom stereocenters. The highest BCUT2D eigenvalue weighted by atomic mass is 16.5. The van der Waals surface area contributed by atoms with E-state index < -0.39 is 11.9 Å². The molecule has 3 nitrogen and oxygen atoms in total. The van der Waals surface area contributed by atoms with Crippen LogP contribution in [0.25, 0.3) is 0 Å². The predicted octanol–water partition coefficient (Wildman–Crippen LogP) is 1.55. The molecule has 0 aromatic carbocycles. The summed E-state index contributed by atoms with van der Waals surface area (Å²) in [6, 6.07) is 0. The van der Waals surface area contributed by atoms with Gasteiger partial charge in [0.2, 0.25) is 0 Å². The molecule has 0 aromatic rings. The van der Waals surface area contributed by atoms with Crippen molar-refractivity contribution in [1.29, 1.82) is 0 Å². The largest absolute Gasteiger partial charge is 0.462 e. The van der Waals surface area contributed by atoms with Gasteiger partial charge in [0.15, 0.2) is 0 Å². The zero-order chi connectivity index (χ0) is 9.72. The van der Waals surface area contributed by atoms with E-state index in [1.54, 1.807) is 20.8 Å². The van der Waals surface area contributed by atoms with Crippen LogP contribution >= 0.6 is 0 Å². The fourth-order valence-electron chi connectivity index (χ4n) is 0.935. The smallest absolute Gasteiger partial charge is 0.316 e. The van der Waals surface area contributed by atoms with E-state index in [-0.39, 0.29) is 11.9 Å². The number of ether oxygens (including phenoxy) is 1. The van der Waals surface area contributed by atoms with Gasteiger partial charge in [-0.25, -0.2) is 0 Å². The fraction of sp³-hybridized carbons (Fsp3) is 0.778. The lowest BCUT2D eigenvalue weighted by molar-refractivity contribution is -0.155. The summed E-state index contributed by atoms with van der Waals surface area (Å²) >= 11 is 0. The van der Waals surface area contributed by atoms with E-state index in [2.05, 4.69) is 0 Å². The molecular formula is C9H16O3. The van der Waals surface area contributed by atoms with Crippen molar-refractivity contribution in [3.63, 3.8) is 0 Å². The number of carbonyl (C=O) groups excluding carboxylic acids is 2. The Hall–Kier alpha value is -0.860. The first-order valence-electron chi connectivity index (χ1n) is 4.20. The molecule has 0 heterocycles. The third kappa shape index (κ3) is 3.51. The average Bonchev–Trinajstić information content (AvgIpc) is 1.85. The summed E-state index contributed by atoms with van der Waals surface area (Å²) in [6.45, 7) is 6.75. The van der Waals surface area contributed by atoms with Gasteiger partial charge >= 0.3 is 5.97 Å². The molecule has 0 radical (unpaired) electrons. The van der Waals surface area contributed by atoms with Crippen molar-refractivity contribution in [2.24, 2.45) is 5.92 Å². The molecule has 0 aliphatic carbocycles. The number of ketones is 1. The molecule has 0 spiro atoms. The van der Waals surface area contributed by atoms with E-state index in [9.17, 15) is 9.59 Å². The van der Waals surface area contributed by atoms with Crippen LogP contribution in [0.5, 0.6) is 0 Å². The SMILES string of the molecule is CC[C@H](C(C)=O)C(=O)OC(C)C. The molecule has 0 N–H and O–H groups in total. The first-order valence-corrected chi connectivity index (χ1v) is 4.20. The molecular weight excluding hydrogens is 156 g/mol. The van der Waals surface area contributed by atoms with Gasteiger partial charge in [-0.1, -0.05) is 6.92 Å². The van der Waals surface area contributed by atoms with Gasteiger partial charge in [-0.2, -0.15) is 0 Å². The van der Waals surface area contributed by atoms with Crippen molar-refractivity contribution in [1.82, 2.24) is 0 Å². The number of Topliss-reactive ketones (excluding diaryl/α,β-unsaturated/α-hetero) is 1. The van der Waals surface area contributed by atoms with Crippen LogP contribution in [0, 0.1) is 5.92 Å². The lowest BCUT2D eigenvalue weighted by Gasteiger charge is -2.13. The molecule has 0 bridgehead atoms. The minimum atomic E-state index is -0.576. The third-order valence-electron chi connectivity index (χ3n) is 1.54. The molecule has 0 fully saturated rings. The first-order chi connectivity index (χ1) is 5.49. The van der Waals surface area contributed by atoms with E-state index in [4.69, 9.17) is 4.74 Å². The summed E-state index contributed by atoms with van der Waals surface area (Å²) in [7, 11) is 0. The standard InChI is InChI=1S/C9H16O3/c1-5-8(7(4)10)9(11)12-6(2)3/h6,8H,5H2,1-4H3/t8-/m1/s1. The fourth-order valence-corrected chi connectivity index (χ4v) is 0.935. The van der Waals surface area contributed by atoms with Crippen molar-refractivity contribution in [3.05, 3.63) is 0 Å². The monoisotopic (exact) mass is 172 g/mol. The van der Waals surface area contributed by atoms with Crippen molar-refractivity contribution < 1.29 is 14.3 Å². The maximum absolute atomic E-state index is 11.2. The number of hydrogen-bond acceptors (Lipinski definition) is 3. The van der Waals surface area contributed by atoms with E-state index in [0.29, 0.717) is 6.42 Å². The van der Waals surface area contributed by atoms with Crippen LogP contribution in [0.1, 0.15) is 34.1 Å². The zero-order valence-corrected chi connectivity index (χ0v) is 8.09. The van der Waals surface area contributed by atoms with E-state index in [1.165, 1.54) is 6.92 Å². The van der Waals surface area contributed by atoms with Crippen molar-refractivity contribution in [2.45, 2.75) is 40.2 Å². The number of hydrogen-bond donors (Lipinski definition) is 0. The second-order valence-corrected chi connectivity index (χ2v) is 3.06. The molecule has 0 saturated heterocycles. The van der Waals surface area contributed by atoms with Crippen molar-refractivity contribution in [3.8, 4) is 0 Å². The molecule has 0 amide bonds. The Bertz CT molecular complexity index is 173. The van der Waals surface area contributed by atoms with Crippen LogP contribution in [0.2, 0.25) is 0 Å². The van der Waals surface area contributed by atoms with E-state index in [0.717, 1.165) is 0 Å². The van der Waals surface area contributed by atoms with Crippen LogP contribution in [0.15, 0.2) is 0 Å². The Morgan fingerprint density at radius 2 is 1.83 bits per heavy atom. The average molecular weight is 172 g/mol. The van der Waals surface area contributed by atoms with Crippen LogP contribution in [-0.4, -0.2) is 17.9 Å². The minimum Gasteiger partial charge on any atom is -0.462 e. The Labute approximate surface area is 73.1 Å². The highest BCUT2D eigenvalue weighted by molar-refractivity contribution is 5.97. The second-order valence-electron chi connectivity index (χ2n) is 3.06. The Kier molecular flexibility index (Phi) is 4.55. The molecule has 0 rings (SSSR count). The lowest BCUT2D eigenvalue weighted by atomic mass is 10.0. The summed E-state index contributed by atoms with van der Waals surface area (Å²) in [4.78, 5) is 22.1. The van der Waals surface area contributed by atoms with Crippen LogP contribution < -0.4 is 0 Å². The molecule has 12 heavy (non-hydrogen) atoms. The summed E-state index contributed by atoms with van der Waals surface area (Å²) in [5.74, 6) is -1.10. The Morgan fingerprint density at radius 3 is 2.08 bits per heavy atom. The summed E-state index contributed by atoms with van der Waals surface area (Å²) in [5, 5.41) is 0. The van der Waals surface area contributed by atoms with Gasteiger partial charge in [-0.3, -0.25) is 9.59 Å². The van der Waals surface area contributed by atoms with Gasteiger partial charge < -0.3 is 4.74 Å². The van der Waals surface area contributed by atoms with Gasteiger partial charge in [0.25, 0.3) is 0 Å². The van der Waals surface area contributed by atoms with Crippen LogP contribution in [-0.2, 0) is 14.3 Å². The molecule has 0 aliphatic rings. The summed E-state index contributed by atoms with van der Waals surface area (Å²) < 4.78 is 4.90. The van der Waals surface area contributed by atoms with Gasteiger partial charge in [0, 0.05) is 0 Å². The normalized spacial score (nSPS) is 12.8.